The molecule has 0 aliphatic heterocycles. The molecule has 0 saturated heterocycles. The van der Waals surface area contributed by atoms with E-state index >= 15 is 0 Å². The molecule has 0 bridgehead atoms. The summed E-state index contributed by atoms with van der Waals surface area (Å²) in [5, 5.41) is 4.39. The minimum atomic E-state index is 0.218. The van der Waals surface area contributed by atoms with Gasteiger partial charge in [-0.25, -0.2) is 0 Å². The lowest BCUT2D eigenvalue weighted by Gasteiger charge is -2.20. The summed E-state index contributed by atoms with van der Waals surface area (Å²) < 4.78 is 5.20. The van der Waals surface area contributed by atoms with Gasteiger partial charge in [0.05, 0.1) is 7.11 Å². The lowest BCUT2D eigenvalue weighted by Crippen LogP contribution is -2.23. The first-order valence-corrected chi connectivity index (χ1v) is 7.64. The van der Waals surface area contributed by atoms with E-state index in [1.165, 1.54) is 5.56 Å². The van der Waals surface area contributed by atoms with Gasteiger partial charge >= 0.3 is 0 Å². The smallest absolute Gasteiger partial charge is 0.118 e. The van der Waals surface area contributed by atoms with Crippen molar-refractivity contribution in [3.05, 3.63) is 64.2 Å². The molecule has 0 heterocycles. The van der Waals surface area contributed by atoms with Gasteiger partial charge in [0, 0.05) is 11.1 Å². The van der Waals surface area contributed by atoms with E-state index in [4.69, 9.17) is 16.3 Å². The molecule has 3 heteroatoms. The van der Waals surface area contributed by atoms with E-state index in [9.17, 15) is 0 Å². The second-order valence-electron chi connectivity index (χ2n) is 5.14. The molecule has 0 radical (unpaired) electrons. The zero-order valence-corrected chi connectivity index (χ0v) is 13.6. The van der Waals surface area contributed by atoms with E-state index in [0.29, 0.717) is 0 Å². The highest BCUT2D eigenvalue weighted by atomic mass is 35.5. The Balaban J connectivity index is 2.24. The van der Waals surface area contributed by atoms with Gasteiger partial charge in [-0.2, -0.15) is 0 Å². The minimum Gasteiger partial charge on any atom is -0.497 e. The predicted octanol–water partition coefficient (Wildman–Crippen LogP) is 4.55. The number of likely N-dealkylation sites (N-methyl/N-ethyl adjacent to an activating group) is 1. The van der Waals surface area contributed by atoms with E-state index < -0.39 is 0 Å². The summed E-state index contributed by atoms with van der Waals surface area (Å²) in [5.74, 6) is 0.882. The second kappa shape index (κ2) is 7.48. The molecule has 2 aromatic carbocycles. The molecule has 0 amide bonds. The van der Waals surface area contributed by atoms with Gasteiger partial charge in [-0.1, -0.05) is 48.9 Å². The fourth-order valence-electron chi connectivity index (χ4n) is 2.48. The molecule has 0 aliphatic carbocycles. The maximum atomic E-state index is 6.48. The molecule has 1 N–H and O–H groups in total. The van der Waals surface area contributed by atoms with Gasteiger partial charge in [0.1, 0.15) is 5.75 Å². The molecule has 112 valence electrons. The molecule has 0 aliphatic rings. The number of halogens is 1. The summed E-state index contributed by atoms with van der Waals surface area (Å²) in [6.07, 6.45) is 0.904. The fraction of sp³-hybridized carbons (Fsp3) is 0.333. The van der Waals surface area contributed by atoms with Gasteiger partial charge < -0.3 is 10.1 Å². The van der Waals surface area contributed by atoms with E-state index in [0.717, 1.165) is 34.9 Å². The van der Waals surface area contributed by atoms with Crippen LogP contribution in [-0.4, -0.2) is 13.7 Å². The van der Waals surface area contributed by atoms with Gasteiger partial charge in [-0.15, -0.1) is 0 Å². The van der Waals surface area contributed by atoms with Gasteiger partial charge in [0.2, 0.25) is 0 Å². The molecule has 1 atom stereocenters. The van der Waals surface area contributed by atoms with E-state index in [-0.39, 0.29) is 6.04 Å². The highest BCUT2D eigenvalue weighted by molar-refractivity contribution is 6.32. The van der Waals surface area contributed by atoms with Crippen LogP contribution in [0.3, 0.4) is 0 Å². The first-order chi connectivity index (χ1) is 10.2. The third-order valence-corrected chi connectivity index (χ3v) is 4.16. The van der Waals surface area contributed by atoms with Crippen LogP contribution >= 0.6 is 11.6 Å². The molecule has 21 heavy (non-hydrogen) atoms. The van der Waals surface area contributed by atoms with Crippen LogP contribution in [0, 0.1) is 6.92 Å². The number of aryl methyl sites for hydroxylation is 1. The van der Waals surface area contributed by atoms with E-state index in [2.05, 4.69) is 36.5 Å². The Bertz CT molecular complexity index is 580. The van der Waals surface area contributed by atoms with Crippen molar-refractivity contribution in [1.82, 2.24) is 5.32 Å². The Morgan fingerprint density at radius 2 is 1.86 bits per heavy atom. The maximum Gasteiger partial charge on any atom is 0.118 e. The summed E-state index contributed by atoms with van der Waals surface area (Å²) in [5.41, 5.74) is 3.54. The van der Waals surface area contributed by atoms with Crippen molar-refractivity contribution in [2.45, 2.75) is 26.3 Å². The topological polar surface area (TPSA) is 21.3 Å². The molecule has 0 saturated carbocycles. The SMILES string of the molecule is CCNC(Cc1ccc(OC)cc1)c1cccc(C)c1Cl. The Morgan fingerprint density at radius 1 is 1.14 bits per heavy atom. The highest BCUT2D eigenvalue weighted by Crippen LogP contribution is 2.28. The van der Waals surface area contributed by atoms with E-state index in [1.807, 2.05) is 25.1 Å². The summed E-state index contributed by atoms with van der Waals surface area (Å²) in [7, 11) is 1.68. The largest absolute Gasteiger partial charge is 0.497 e. The fourth-order valence-corrected chi connectivity index (χ4v) is 2.73. The monoisotopic (exact) mass is 303 g/mol. The Labute approximate surface area is 132 Å². The molecule has 0 aromatic heterocycles. The van der Waals surface area contributed by atoms with Crippen molar-refractivity contribution < 1.29 is 4.74 Å². The normalized spacial score (nSPS) is 12.2. The van der Waals surface area contributed by atoms with Crippen LogP contribution in [-0.2, 0) is 6.42 Å². The molecule has 0 spiro atoms. The van der Waals surface area contributed by atoms with Gasteiger partial charge in [-0.05, 0) is 48.7 Å². The minimum absolute atomic E-state index is 0.218. The zero-order valence-electron chi connectivity index (χ0n) is 12.8. The standard InChI is InChI=1S/C18H22ClNO/c1-4-20-17(16-7-5-6-13(2)18(16)19)12-14-8-10-15(21-3)11-9-14/h5-11,17,20H,4,12H2,1-3H3. The first-order valence-electron chi connectivity index (χ1n) is 7.27. The Hall–Kier alpha value is -1.51. The van der Waals surface area contributed by atoms with Gasteiger partial charge in [0.15, 0.2) is 0 Å². The van der Waals surface area contributed by atoms with Crippen molar-refractivity contribution in [3.8, 4) is 5.75 Å². The molecule has 0 fully saturated rings. The number of methoxy groups -OCH3 is 1. The maximum absolute atomic E-state index is 6.48. The number of nitrogens with one attached hydrogen (secondary N) is 1. The average Bonchev–Trinajstić information content (AvgIpc) is 2.50. The molecule has 2 nitrogen and oxygen atoms in total. The van der Waals surface area contributed by atoms with Crippen molar-refractivity contribution in [2.75, 3.05) is 13.7 Å². The highest BCUT2D eigenvalue weighted by Gasteiger charge is 2.15. The number of ether oxygens (including phenoxy) is 1. The lowest BCUT2D eigenvalue weighted by molar-refractivity contribution is 0.414. The summed E-state index contributed by atoms with van der Waals surface area (Å²) in [6, 6.07) is 14.6. The number of hydrogen-bond donors (Lipinski definition) is 1. The third-order valence-electron chi connectivity index (χ3n) is 3.65. The summed E-state index contributed by atoms with van der Waals surface area (Å²) >= 11 is 6.48. The third kappa shape index (κ3) is 3.99. The molecule has 2 rings (SSSR count). The Morgan fingerprint density at radius 3 is 2.48 bits per heavy atom. The quantitative estimate of drug-likeness (QED) is 0.845. The van der Waals surface area contributed by atoms with Crippen LogP contribution in [0.5, 0.6) is 5.75 Å². The molecular weight excluding hydrogens is 282 g/mol. The van der Waals surface area contributed by atoms with Crippen LogP contribution in [0.1, 0.15) is 29.7 Å². The Kier molecular flexibility index (Phi) is 5.66. The first kappa shape index (κ1) is 15.9. The molecule has 2 aromatic rings. The van der Waals surface area contributed by atoms with Crippen molar-refractivity contribution >= 4 is 11.6 Å². The second-order valence-corrected chi connectivity index (χ2v) is 5.52. The number of rotatable bonds is 6. The predicted molar refractivity (Wildman–Crippen MR) is 89.3 cm³/mol. The molecule has 1 unspecified atom stereocenters. The number of benzene rings is 2. The zero-order chi connectivity index (χ0) is 15.2. The summed E-state index contributed by atoms with van der Waals surface area (Å²) in [6.45, 7) is 5.07. The lowest BCUT2D eigenvalue weighted by atomic mass is 9.97. The average molecular weight is 304 g/mol. The van der Waals surface area contributed by atoms with Crippen molar-refractivity contribution in [3.63, 3.8) is 0 Å². The van der Waals surface area contributed by atoms with Gasteiger partial charge in [-0.3, -0.25) is 0 Å². The van der Waals surface area contributed by atoms with Crippen LogP contribution in [0.15, 0.2) is 42.5 Å². The molecular formula is C18H22ClNO. The van der Waals surface area contributed by atoms with Crippen LogP contribution in [0.25, 0.3) is 0 Å². The summed E-state index contributed by atoms with van der Waals surface area (Å²) in [4.78, 5) is 0. The van der Waals surface area contributed by atoms with Crippen molar-refractivity contribution in [1.29, 1.82) is 0 Å². The van der Waals surface area contributed by atoms with Crippen LogP contribution in [0.4, 0.5) is 0 Å². The van der Waals surface area contributed by atoms with Crippen LogP contribution in [0.2, 0.25) is 5.02 Å². The van der Waals surface area contributed by atoms with E-state index in [1.54, 1.807) is 7.11 Å². The van der Waals surface area contributed by atoms with Crippen LogP contribution < -0.4 is 10.1 Å². The van der Waals surface area contributed by atoms with Crippen molar-refractivity contribution in [2.24, 2.45) is 0 Å². The van der Waals surface area contributed by atoms with Gasteiger partial charge in [0.25, 0.3) is 0 Å². The number of hydrogen-bond acceptors (Lipinski definition) is 2.